The van der Waals surface area contributed by atoms with E-state index in [9.17, 15) is 13.2 Å². The number of carbonyl (C=O) groups is 1. The molecule has 0 fully saturated rings. The first kappa shape index (κ1) is 20.1. The number of amides is 1. The van der Waals surface area contributed by atoms with Crippen molar-refractivity contribution in [2.75, 3.05) is 18.9 Å². The lowest BCUT2D eigenvalue weighted by atomic mass is 10.1. The van der Waals surface area contributed by atoms with Gasteiger partial charge in [0, 0.05) is 24.8 Å². The van der Waals surface area contributed by atoms with Crippen molar-refractivity contribution in [3.05, 3.63) is 59.2 Å². The third-order valence-electron chi connectivity index (χ3n) is 4.35. The monoisotopic (exact) mass is 374 g/mol. The SMILES string of the molecule is CCCCN(C)S(=O)(=O)c1cccc(C(=O)Nc2c(C)cccc2C)c1. The fourth-order valence-electron chi connectivity index (χ4n) is 2.68. The molecule has 0 saturated carbocycles. The molecule has 5 nitrogen and oxygen atoms in total. The molecule has 0 spiro atoms. The zero-order chi connectivity index (χ0) is 19.3. The van der Waals surface area contributed by atoms with E-state index in [-0.39, 0.29) is 10.8 Å². The summed E-state index contributed by atoms with van der Waals surface area (Å²) in [5.41, 5.74) is 2.99. The Morgan fingerprint density at radius 3 is 2.31 bits per heavy atom. The Morgan fingerprint density at radius 2 is 1.69 bits per heavy atom. The van der Waals surface area contributed by atoms with E-state index in [1.54, 1.807) is 19.2 Å². The van der Waals surface area contributed by atoms with Gasteiger partial charge in [0.05, 0.1) is 4.90 Å². The second-order valence-corrected chi connectivity index (χ2v) is 8.47. The van der Waals surface area contributed by atoms with Crippen LogP contribution < -0.4 is 5.32 Å². The Hall–Kier alpha value is -2.18. The molecule has 2 rings (SSSR count). The van der Waals surface area contributed by atoms with Crippen molar-refractivity contribution in [3.63, 3.8) is 0 Å². The number of carbonyl (C=O) groups excluding carboxylic acids is 1. The molecule has 0 saturated heterocycles. The van der Waals surface area contributed by atoms with Crippen molar-refractivity contribution in [2.24, 2.45) is 0 Å². The molecule has 0 radical (unpaired) electrons. The summed E-state index contributed by atoms with van der Waals surface area (Å²) in [5.74, 6) is -0.323. The largest absolute Gasteiger partial charge is 0.322 e. The maximum Gasteiger partial charge on any atom is 0.255 e. The molecule has 0 unspecified atom stereocenters. The van der Waals surface area contributed by atoms with Crippen LogP contribution in [0.4, 0.5) is 5.69 Å². The minimum absolute atomic E-state index is 0.130. The second kappa shape index (κ2) is 8.47. The van der Waals surface area contributed by atoms with Gasteiger partial charge in [-0.15, -0.1) is 0 Å². The zero-order valence-electron chi connectivity index (χ0n) is 15.7. The lowest BCUT2D eigenvalue weighted by Gasteiger charge is -2.17. The molecule has 6 heteroatoms. The summed E-state index contributed by atoms with van der Waals surface area (Å²) >= 11 is 0. The summed E-state index contributed by atoms with van der Waals surface area (Å²) in [5, 5.41) is 2.89. The number of aryl methyl sites for hydroxylation is 2. The van der Waals surface area contributed by atoms with E-state index in [0.717, 1.165) is 29.7 Å². The first-order chi connectivity index (χ1) is 12.3. The average molecular weight is 375 g/mol. The van der Waals surface area contributed by atoms with E-state index in [1.807, 2.05) is 39.0 Å². The molecule has 0 heterocycles. The minimum Gasteiger partial charge on any atom is -0.322 e. The summed E-state index contributed by atoms with van der Waals surface area (Å²) in [4.78, 5) is 12.7. The van der Waals surface area contributed by atoms with E-state index in [4.69, 9.17) is 0 Å². The molecule has 0 atom stereocenters. The van der Waals surface area contributed by atoms with Gasteiger partial charge in [-0.3, -0.25) is 4.79 Å². The van der Waals surface area contributed by atoms with Crippen molar-refractivity contribution >= 4 is 21.6 Å². The number of para-hydroxylation sites is 1. The van der Waals surface area contributed by atoms with Crippen LogP contribution in [0, 0.1) is 13.8 Å². The van der Waals surface area contributed by atoms with Crippen LogP contribution in [0.2, 0.25) is 0 Å². The van der Waals surface area contributed by atoms with Gasteiger partial charge in [-0.05, 0) is 49.6 Å². The van der Waals surface area contributed by atoms with Gasteiger partial charge in [-0.25, -0.2) is 12.7 Å². The molecule has 2 aromatic rings. The molecule has 1 amide bonds. The van der Waals surface area contributed by atoms with Gasteiger partial charge in [0.2, 0.25) is 10.0 Å². The fourth-order valence-corrected chi connectivity index (χ4v) is 3.93. The number of rotatable bonds is 7. The van der Waals surface area contributed by atoms with E-state index < -0.39 is 10.0 Å². The lowest BCUT2D eigenvalue weighted by molar-refractivity contribution is 0.102. The third-order valence-corrected chi connectivity index (χ3v) is 6.20. The van der Waals surface area contributed by atoms with Crippen LogP contribution in [-0.4, -0.2) is 32.2 Å². The molecular weight excluding hydrogens is 348 g/mol. The van der Waals surface area contributed by atoms with E-state index in [1.165, 1.54) is 16.4 Å². The van der Waals surface area contributed by atoms with Crippen LogP contribution in [0.15, 0.2) is 47.4 Å². The topological polar surface area (TPSA) is 66.5 Å². The first-order valence-electron chi connectivity index (χ1n) is 8.71. The summed E-state index contributed by atoms with van der Waals surface area (Å²) < 4.78 is 26.7. The number of nitrogens with one attached hydrogen (secondary N) is 1. The average Bonchev–Trinajstić information content (AvgIpc) is 2.62. The smallest absolute Gasteiger partial charge is 0.255 e. The number of sulfonamides is 1. The van der Waals surface area contributed by atoms with Crippen LogP contribution in [0.5, 0.6) is 0 Å². The summed E-state index contributed by atoms with van der Waals surface area (Å²) in [6, 6.07) is 11.9. The first-order valence-corrected chi connectivity index (χ1v) is 10.2. The van der Waals surface area contributed by atoms with Gasteiger partial charge in [0.25, 0.3) is 5.91 Å². The van der Waals surface area contributed by atoms with Gasteiger partial charge in [-0.2, -0.15) is 0 Å². The van der Waals surface area contributed by atoms with Gasteiger partial charge in [-0.1, -0.05) is 37.6 Å². The second-order valence-electron chi connectivity index (χ2n) is 6.43. The minimum atomic E-state index is -3.60. The summed E-state index contributed by atoms with van der Waals surface area (Å²) in [6.07, 6.45) is 1.71. The Morgan fingerprint density at radius 1 is 1.08 bits per heavy atom. The number of hydrogen-bond donors (Lipinski definition) is 1. The predicted molar refractivity (Wildman–Crippen MR) is 105 cm³/mol. The van der Waals surface area contributed by atoms with Crippen molar-refractivity contribution in [1.82, 2.24) is 4.31 Å². The Balaban J connectivity index is 2.27. The van der Waals surface area contributed by atoms with Gasteiger partial charge >= 0.3 is 0 Å². The van der Waals surface area contributed by atoms with Gasteiger partial charge in [0.1, 0.15) is 0 Å². The maximum atomic E-state index is 12.7. The highest BCUT2D eigenvalue weighted by atomic mass is 32.2. The fraction of sp³-hybridized carbons (Fsp3) is 0.350. The van der Waals surface area contributed by atoms with E-state index >= 15 is 0 Å². The van der Waals surface area contributed by atoms with E-state index in [2.05, 4.69) is 5.32 Å². The van der Waals surface area contributed by atoms with Crippen LogP contribution >= 0.6 is 0 Å². The number of hydrogen-bond acceptors (Lipinski definition) is 3. The summed E-state index contributed by atoms with van der Waals surface area (Å²) in [6.45, 7) is 6.31. The number of benzene rings is 2. The third kappa shape index (κ3) is 4.51. The Labute approximate surface area is 156 Å². The van der Waals surface area contributed by atoms with Crippen molar-refractivity contribution in [2.45, 2.75) is 38.5 Å². The van der Waals surface area contributed by atoms with Crippen LogP contribution in [0.3, 0.4) is 0 Å². The molecule has 1 N–H and O–H groups in total. The zero-order valence-corrected chi connectivity index (χ0v) is 16.6. The quantitative estimate of drug-likeness (QED) is 0.797. The molecule has 140 valence electrons. The molecule has 0 aliphatic carbocycles. The molecule has 0 aliphatic rings. The standard InChI is InChI=1S/C20H26N2O3S/c1-5-6-13-22(4)26(24,25)18-12-8-11-17(14-18)20(23)21-19-15(2)9-7-10-16(19)3/h7-12,14H,5-6,13H2,1-4H3,(H,21,23). The van der Waals surface area contributed by atoms with Crippen molar-refractivity contribution in [1.29, 1.82) is 0 Å². The highest BCUT2D eigenvalue weighted by molar-refractivity contribution is 7.89. The number of unbranched alkanes of at least 4 members (excludes halogenated alkanes) is 1. The van der Waals surface area contributed by atoms with Crippen molar-refractivity contribution in [3.8, 4) is 0 Å². The van der Waals surface area contributed by atoms with Crippen LogP contribution in [-0.2, 0) is 10.0 Å². The highest BCUT2D eigenvalue weighted by Gasteiger charge is 2.21. The van der Waals surface area contributed by atoms with E-state index in [0.29, 0.717) is 12.1 Å². The molecular formula is C20H26N2O3S. The molecule has 2 aromatic carbocycles. The van der Waals surface area contributed by atoms with Gasteiger partial charge < -0.3 is 5.32 Å². The molecule has 0 aromatic heterocycles. The molecule has 0 aliphatic heterocycles. The normalized spacial score (nSPS) is 11.6. The Kier molecular flexibility index (Phi) is 6.56. The number of nitrogens with zero attached hydrogens (tertiary/aromatic N) is 1. The van der Waals surface area contributed by atoms with Crippen molar-refractivity contribution < 1.29 is 13.2 Å². The predicted octanol–water partition coefficient (Wildman–Crippen LogP) is 3.98. The lowest BCUT2D eigenvalue weighted by Crippen LogP contribution is -2.28. The Bertz CT molecular complexity index is 871. The van der Waals surface area contributed by atoms with Crippen LogP contribution in [0.1, 0.15) is 41.3 Å². The van der Waals surface area contributed by atoms with Gasteiger partial charge in [0.15, 0.2) is 0 Å². The molecule has 0 bridgehead atoms. The maximum absolute atomic E-state index is 12.7. The van der Waals surface area contributed by atoms with Crippen LogP contribution in [0.25, 0.3) is 0 Å². The summed E-state index contributed by atoms with van der Waals surface area (Å²) in [7, 11) is -2.04. The molecule has 26 heavy (non-hydrogen) atoms. The highest BCUT2D eigenvalue weighted by Crippen LogP contribution is 2.22. The number of anilines is 1.